The molecule has 8 nitrogen and oxygen atoms in total. The van der Waals surface area contributed by atoms with Crippen LogP contribution in [0.4, 0.5) is 14.5 Å². The van der Waals surface area contributed by atoms with Gasteiger partial charge >= 0.3 is 6.01 Å². The number of hydrogen-bond donors (Lipinski definition) is 0. The Hall–Kier alpha value is -3.04. The van der Waals surface area contributed by atoms with Crippen molar-refractivity contribution in [2.75, 3.05) is 32.2 Å². The van der Waals surface area contributed by atoms with Crippen molar-refractivity contribution in [1.29, 1.82) is 0 Å². The van der Waals surface area contributed by atoms with Crippen molar-refractivity contribution in [3.63, 3.8) is 0 Å². The van der Waals surface area contributed by atoms with Crippen LogP contribution in [0.2, 0.25) is 0 Å². The number of alkyl halides is 2. The molecule has 10 heteroatoms. The normalized spacial score (nSPS) is 21.1. The molecular formula is C20H22F2N6O2. The third kappa shape index (κ3) is 3.20. The number of fused-ring (bicyclic) bond motifs is 1. The average molecular weight is 416 g/mol. The third-order valence-electron chi connectivity index (χ3n) is 6.08. The highest BCUT2D eigenvalue weighted by Crippen LogP contribution is 2.48. The van der Waals surface area contributed by atoms with E-state index in [0.29, 0.717) is 17.1 Å². The summed E-state index contributed by atoms with van der Waals surface area (Å²) in [5.41, 5.74) is 2.90. The molecule has 1 atom stereocenters. The van der Waals surface area contributed by atoms with Crippen LogP contribution in [0.25, 0.3) is 16.9 Å². The van der Waals surface area contributed by atoms with Crippen molar-refractivity contribution >= 4 is 11.3 Å². The molecule has 1 aliphatic heterocycles. The number of ether oxygens (including phenoxy) is 2. The molecule has 0 spiro atoms. The van der Waals surface area contributed by atoms with Gasteiger partial charge in [0.15, 0.2) is 5.65 Å². The zero-order valence-corrected chi connectivity index (χ0v) is 16.8. The molecule has 0 N–H and O–H groups in total. The molecule has 1 aliphatic carbocycles. The van der Waals surface area contributed by atoms with Gasteiger partial charge in [0.05, 0.1) is 25.5 Å². The maximum atomic E-state index is 13.3. The SMILES string of the molecule is COc1ncc(-c2cc(N3CCC(C4CC(F)(F)C4)C3)c3nccn3n2)c(OC)n1. The summed E-state index contributed by atoms with van der Waals surface area (Å²) in [4.78, 5) is 15.1. The second kappa shape index (κ2) is 7.03. The van der Waals surface area contributed by atoms with E-state index in [1.165, 1.54) is 14.2 Å². The van der Waals surface area contributed by atoms with Crippen molar-refractivity contribution < 1.29 is 18.3 Å². The summed E-state index contributed by atoms with van der Waals surface area (Å²) >= 11 is 0. The van der Waals surface area contributed by atoms with Gasteiger partial charge in [-0.3, -0.25) is 0 Å². The lowest BCUT2D eigenvalue weighted by molar-refractivity contribution is -0.123. The van der Waals surface area contributed by atoms with E-state index in [-0.39, 0.29) is 30.7 Å². The predicted octanol–water partition coefficient (Wildman–Crippen LogP) is 3.08. The molecule has 3 aromatic heterocycles. The minimum atomic E-state index is -2.48. The molecule has 5 rings (SSSR count). The van der Waals surface area contributed by atoms with Gasteiger partial charge in [-0.25, -0.2) is 23.3 Å². The topological polar surface area (TPSA) is 77.7 Å². The maximum Gasteiger partial charge on any atom is 0.319 e. The number of nitrogens with zero attached hydrogens (tertiary/aromatic N) is 6. The molecule has 3 aromatic rings. The van der Waals surface area contributed by atoms with Gasteiger partial charge in [0.25, 0.3) is 0 Å². The molecule has 0 bridgehead atoms. The van der Waals surface area contributed by atoms with Gasteiger partial charge in [0.2, 0.25) is 11.8 Å². The molecular weight excluding hydrogens is 394 g/mol. The first kappa shape index (κ1) is 19.0. The highest BCUT2D eigenvalue weighted by molar-refractivity contribution is 5.76. The number of anilines is 1. The summed E-state index contributed by atoms with van der Waals surface area (Å²) in [6, 6.07) is 2.15. The van der Waals surface area contributed by atoms with Gasteiger partial charge in [-0.2, -0.15) is 10.1 Å². The van der Waals surface area contributed by atoms with Crippen LogP contribution in [0.3, 0.4) is 0 Å². The smallest absolute Gasteiger partial charge is 0.319 e. The maximum absolute atomic E-state index is 13.3. The van der Waals surface area contributed by atoms with Crippen LogP contribution in [-0.4, -0.2) is 57.8 Å². The summed E-state index contributed by atoms with van der Waals surface area (Å²) in [6.07, 6.45) is 6.00. The Morgan fingerprint density at radius 2 is 1.97 bits per heavy atom. The lowest BCUT2D eigenvalue weighted by Gasteiger charge is -2.38. The standard InChI is InChI=1S/C20H22F2N6O2/c1-29-18-14(10-24-19(25-18)30-2)15-7-16(17-23-4-6-28(17)26-15)27-5-3-12(11-27)13-8-20(21,22)9-13/h4,6-7,10,12-13H,3,5,8-9,11H2,1-2H3. The minimum absolute atomic E-state index is 0.00623. The number of hydrogen-bond acceptors (Lipinski definition) is 7. The van der Waals surface area contributed by atoms with Crippen molar-refractivity contribution in [2.45, 2.75) is 25.2 Å². The molecule has 2 fully saturated rings. The summed E-state index contributed by atoms with van der Waals surface area (Å²) in [7, 11) is 3.02. The van der Waals surface area contributed by atoms with Gasteiger partial charge in [-0.15, -0.1) is 0 Å². The van der Waals surface area contributed by atoms with Crippen LogP contribution < -0.4 is 14.4 Å². The van der Waals surface area contributed by atoms with Gasteiger partial charge in [-0.1, -0.05) is 0 Å². The van der Waals surface area contributed by atoms with Gasteiger partial charge < -0.3 is 14.4 Å². The molecule has 1 saturated heterocycles. The van der Waals surface area contributed by atoms with E-state index >= 15 is 0 Å². The number of methoxy groups -OCH3 is 2. The van der Waals surface area contributed by atoms with E-state index in [4.69, 9.17) is 9.47 Å². The molecule has 0 aromatic carbocycles. The lowest BCUT2D eigenvalue weighted by Crippen LogP contribution is -2.40. The van der Waals surface area contributed by atoms with E-state index in [1.54, 1.807) is 23.1 Å². The predicted molar refractivity (Wildman–Crippen MR) is 105 cm³/mol. The molecule has 0 radical (unpaired) electrons. The Morgan fingerprint density at radius 1 is 1.13 bits per heavy atom. The Kier molecular flexibility index (Phi) is 4.44. The fraction of sp³-hybridized carbons (Fsp3) is 0.500. The summed E-state index contributed by atoms with van der Waals surface area (Å²) < 4.78 is 38.8. The van der Waals surface area contributed by atoms with Crippen molar-refractivity contribution in [3.8, 4) is 23.1 Å². The van der Waals surface area contributed by atoms with Crippen LogP contribution in [0.1, 0.15) is 19.3 Å². The number of rotatable bonds is 5. The van der Waals surface area contributed by atoms with Gasteiger partial charge in [0.1, 0.15) is 5.69 Å². The quantitative estimate of drug-likeness (QED) is 0.633. The minimum Gasteiger partial charge on any atom is -0.480 e. The summed E-state index contributed by atoms with van der Waals surface area (Å²) in [5, 5.41) is 4.63. The average Bonchev–Trinajstić information content (AvgIpc) is 3.40. The fourth-order valence-corrected chi connectivity index (χ4v) is 4.48. The Labute approximate surface area is 171 Å². The van der Waals surface area contributed by atoms with Crippen LogP contribution in [-0.2, 0) is 0 Å². The largest absolute Gasteiger partial charge is 0.480 e. The molecule has 158 valence electrons. The van der Waals surface area contributed by atoms with Crippen molar-refractivity contribution in [2.24, 2.45) is 11.8 Å². The number of halogens is 2. The first-order chi connectivity index (χ1) is 14.5. The van der Waals surface area contributed by atoms with E-state index in [0.717, 1.165) is 30.8 Å². The molecule has 30 heavy (non-hydrogen) atoms. The molecule has 1 saturated carbocycles. The zero-order chi connectivity index (χ0) is 20.9. The lowest BCUT2D eigenvalue weighted by atomic mass is 9.73. The second-order valence-corrected chi connectivity index (χ2v) is 7.91. The van der Waals surface area contributed by atoms with E-state index in [2.05, 4.69) is 25.0 Å². The fourth-order valence-electron chi connectivity index (χ4n) is 4.48. The second-order valence-electron chi connectivity index (χ2n) is 7.91. The van der Waals surface area contributed by atoms with E-state index in [1.807, 2.05) is 6.07 Å². The molecule has 4 heterocycles. The van der Waals surface area contributed by atoms with E-state index in [9.17, 15) is 8.78 Å². The highest BCUT2D eigenvalue weighted by Gasteiger charge is 2.49. The Morgan fingerprint density at radius 3 is 2.70 bits per heavy atom. The zero-order valence-electron chi connectivity index (χ0n) is 16.8. The first-order valence-electron chi connectivity index (χ1n) is 9.90. The monoisotopic (exact) mass is 416 g/mol. The highest BCUT2D eigenvalue weighted by atomic mass is 19.3. The van der Waals surface area contributed by atoms with Crippen LogP contribution in [0, 0.1) is 11.8 Å². The summed E-state index contributed by atoms with van der Waals surface area (Å²) in [6.45, 7) is 1.54. The van der Waals surface area contributed by atoms with Gasteiger partial charge in [-0.05, 0) is 24.3 Å². The Balaban J connectivity index is 1.49. The van der Waals surface area contributed by atoms with Gasteiger partial charge in [0, 0.05) is 44.5 Å². The summed E-state index contributed by atoms with van der Waals surface area (Å²) in [5.74, 6) is -1.76. The molecule has 2 aliphatic rings. The van der Waals surface area contributed by atoms with Crippen molar-refractivity contribution in [3.05, 3.63) is 24.7 Å². The third-order valence-corrected chi connectivity index (χ3v) is 6.08. The van der Waals surface area contributed by atoms with Crippen LogP contribution >= 0.6 is 0 Å². The van der Waals surface area contributed by atoms with Crippen molar-refractivity contribution in [1.82, 2.24) is 24.6 Å². The number of imidazole rings is 1. The van der Waals surface area contributed by atoms with Crippen LogP contribution in [0.5, 0.6) is 11.9 Å². The molecule has 1 unspecified atom stereocenters. The van der Waals surface area contributed by atoms with Crippen LogP contribution in [0.15, 0.2) is 24.7 Å². The van der Waals surface area contributed by atoms with E-state index < -0.39 is 5.92 Å². The number of aromatic nitrogens is 5. The Bertz CT molecular complexity index is 1080. The first-order valence-corrected chi connectivity index (χ1v) is 9.90. The molecule has 0 amide bonds.